The van der Waals surface area contributed by atoms with Crippen LogP contribution in [0.5, 0.6) is 0 Å². The van der Waals surface area contributed by atoms with Crippen LogP contribution >= 0.6 is 11.3 Å². The van der Waals surface area contributed by atoms with Gasteiger partial charge in [0, 0.05) is 33.0 Å². The Morgan fingerprint density at radius 1 is 0.385 bits per heavy atom. The summed E-state index contributed by atoms with van der Waals surface area (Å²) in [5, 5.41) is 3.00. The normalized spacial score (nSPS) is 11.5. The van der Waals surface area contributed by atoms with E-state index < -0.39 is 0 Å². The van der Waals surface area contributed by atoms with Crippen molar-refractivity contribution in [3.05, 3.63) is 170 Å². The fourth-order valence-electron chi connectivity index (χ4n) is 6.78. The third kappa shape index (κ3) is 5.43. The first-order chi connectivity index (χ1) is 25.7. The maximum absolute atomic E-state index is 6.42. The van der Waals surface area contributed by atoms with Crippen LogP contribution in [-0.4, -0.2) is 19.9 Å². The molecule has 10 rings (SSSR count). The topological polar surface area (TPSA) is 64.7 Å². The molecule has 244 valence electrons. The zero-order valence-corrected chi connectivity index (χ0v) is 28.6. The van der Waals surface area contributed by atoms with Crippen LogP contribution in [-0.2, 0) is 0 Å². The van der Waals surface area contributed by atoms with Crippen LogP contribution in [0.4, 0.5) is 0 Å². The quantitative estimate of drug-likeness (QED) is 0.174. The number of hydrogen-bond acceptors (Lipinski definition) is 6. The van der Waals surface area contributed by atoms with Crippen LogP contribution < -0.4 is 0 Å². The van der Waals surface area contributed by atoms with Crippen molar-refractivity contribution in [2.75, 3.05) is 0 Å². The highest BCUT2D eigenvalue weighted by Gasteiger charge is 2.18. The average Bonchev–Trinajstić information content (AvgIpc) is 3.83. The number of nitrogens with zero attached hydrogens (tertiary/aromatic N) is 4. The summed E-state index contributed by atoms with van der Waals surface area (Å²) in [5.74, 6) is 1.82. The number of furan rings is 1. The van der Waals surface area contributed by atoms with Crippen LogP contribution in [0, 0.1) is 0 Å². The molecular formula is C46H28N4OS. The van der Waals surface area contributed by atoms with Crippen molar-refractivity contribution in [2.24, 2.45) is 0 Å². The largest absolute Gasteiger partial charge is 0.456 e. The molecule has 0 amide bonds. The molecular weight excluding hydrogens is 657 g/mol. The van der Waals surface area contributed by atoms with Crippen molar-refractivity contribution in [1.29, 1.82) is 0 Å². The molecule has 0 unspecified atom stereocenters. The van der Waals surface area contributed by atoms with Crippen LogP contribution in [0.15, 0.2) is 174 Å². The zero-order chi connectivity index (χ0) is 34.4. The van der Waals surface area contributed by atoms with E-state index in [1.807, 2.05) is 54.6 Å². The monoisotopic (exact) mass is 684 g/mol. The summed E-state index contributed by atoms with van der Waals surface area (Å²) in [5.41, 5.74) is 11.0. The van der Waals surface area contributed by atoms with Crippen LogP contribution in [0.2, 0.25) is 0 Å². The Morgan fingerprint density at radius 2 is 0.942 bits per heavy atom. The third-order valence-corrected chi connectivity index (χ3v) is 10.5. The van der Waals surface area contributed by atoms with Crippen molar-refractivity contribution in [3.63, 3.8) is 0 Å². The highest BCUT2D eigenvalue weighted by Crippen LogP contribution is 2.39. The molecule has 0 aliphatic rings. The second-order valence-electron chi connectivity index (χ2n) is 12.7. The van der Waals surface area contributed by atoms with E-state index in [-0.39, 0.29) is 0 Å². The minimum Gasteiger partial charge on any atom is -0.456 e. The highest BCUT2D eigenvalue weighted by atomic mass is 32.1. The van der Waals surface area contributed by atoms with Gasteiger partial charge in [-0.2, -0.15) is 0 Å². The zero-order valence-electron chi connectivity index (χ0n) is 27.8. The molecule has 3 aromatic heterocycles. The van der Waals surface area contributed by atoms with Gasteiger partial charge in [-0.1, -0.05) is 140 Å². The summed E-state index contributed by atoms with van der Waals surface area (Å²) < 4.78 is 7.61. The van der Waals surface area contributed by atoms with Crippen molar-refractivity contribution >= 4 is 43.5 Å². The molecule has 0 aliphatic carbocycles. The SMILES string of the molecule is c1ccc(-c2ccc(-c3nc(-c4ccccc4)nc(-c4cccc5oc6ccc(-c7ccc(-c8nc9ccccc9s8)cc7)cc6c45)n3)cc2)cc1. The first-order valence-corrected chi connectivity index (χ1v) is 17.9. The minimum atomic E-state index is 0.592. The van der Waals surface area contributed by atoms with E-state index in [9.17, 15) is 0 Å². The number of para-hydroxylation sites is 1. The highest BCUT2D eigenvalue weighted by molar-refractivity contribution is 7.21. The van der Waals surface area contributed by atoms with Gasteiger partial charge in [0.05, 0.1) is 10.2 Å². The van der Waals surface area contributed by atoms with E-state index in [0.717, 1.165) is 77.0 Å². The molecule has 6 heteroatoms. The van der Waals surface area contributed by atoms with Crippen LogP contribution in [0.25, 0.3) is 99.1 Å². The van der Waals surface area contributed by atoms with Crippen molar-refractivity contribution in [2.45, 2.75) is 0 Å². The van der Waals surface area contributed by atoms with Crippen LogP contribution in [0.1, 0.15) is 0 Å². The van der Waals surface area contributed by atoms with Gasteiger partial charge in [-0.15, -0.1) is 11.3 Å². The van der Waals surface area contributed by atoms with E-state index in [1.165, 1.54) is 4.70 Å². The number of fused-ring (bicyclic) bond motifs is 4. The van der Waals surface area contributed by atoms with Gasteiger partial charge in [-0.3, -0.25) is 0 Å². The maximum atomic E-state index is 6.42. The lowest BCUT2D eigenvalue weighted by atomic mass is 9.99. The van der Waals surface area contributed by atoms with Gasteiger partial charge in [-0.25, -0.2) is 19.9 Å². The number of rotatable bonds is 6. The standard InChI is InChI=1S/C46H28N4OS/c1-3-10-29(11-4-1)30-18-22-33(23-19-30)44-48-43(32-12-5-2-6-13-32)49-45(50-44)36-14-9-16-40-42(36)37-28-35(26-27-39(37)51-40)31-20-24-34(25-21-31)46-47-38-15-7-8-17-41(38)52-46/h1-28H. The Labute approximate surface area is 303 Å². The molecule has 0 fully saturated rings. The molecule has 0 saturated heterocycles. The van der Waals surface area contributed by atoms with Gasteiger partial charge in [0.25, 0.3) is 0 Å². The Hall–Kier alpha value is -6.76. The third-order valence-electron chi connectivity index (χ3n) is 9.41. The van der Waals surface area contributed by atoms with Gasteiger partial charge < -0.3 is 4.42 Å². The van der Waals surface area contributed by atoms with Crippen LogP contribution in [0.3, 0.4) is 0 Å². The Balaban J connectivity index is 1.08. The summed E-state index contributed by atoms with van der Waals surface area (Å²) in [6.45, 7) is 0. The summed E-state index contributed by atoms with van der Waals surface area (Å²) in [6.07, 6.45) is 0. The smallest absolute Gasteiger partial charge is 0.164 e. The lowest BCUT2D eigenvalue weighted by molar-refractivity contribution is 0.669. The van der Waals surface area contributed by atoms with E-state index in [4.69, 9.17) is 24.4 Å². The molecule has 0 radical (unpaired) electrons. The lowest BCUT2D eigenvalue weighted by Crippen LogP contribution is -2.00. The Kier molecular flexibility index (Phi) is 7.25. The van der Waals surface area contributed by atoms with Crippen molar-refractivity contribution in [3.8, 4) is 67.0 Å². The second-order valence-corrected chi connectivity index (χ2v) is 13.7. The molecule has 0 bridgehead atoms. The second kappa shape index (κ2) is 12.5. The summed E-state index contributed by atoms with van der Waals surface area (Å²) in [7, 11) is 0. The molecule has 0 spiro atoms. The lowest BCUT2D eigenvalue weighted by Gasteiger charge is -2.10. The fourth-order valence-corrected chi connectivity index (χ4v) is 7.75. The molecule has 7 aromatic carbocycles. The molecule has 10 aromatic rings. The van der Waals surface area contributed by atoms with E-state index in [1.54, 1.807) is 11.3 Å². The number of hydrogen-bond donors (Lipinski definition) is 0. The predicted molar refractivity (Wildman–Crippen MR) is 213 cm³/mol. The first kappa shape index (κ1) is 30.1. The first-order valence-electron chi connectivity index (χ1n) is 17.1. The molecule has 0 saturated carbocycles. The molecule has 5 nitrogen and oxygen atoms in total. The summed E-state index contributed by atoms with van der Waals surface area (Å²) in [4.78, 5) is 20.0. The van der Waals surface area contributed by atoms with E-state index in [2.05, 4.69) is 115 Å². The molecule has 52 heavy (non-hydrogen) atoms. The fraction of sp³-hybridized carbons (Fsp3) is 0. The Bertz CT molecular complexity index is 2850. The molecule has 0 aliphatic heterocycles. The number of benzene rings is 7. The summed E-state index contributed by atoms with van der Waals surface area (Å²) in [6, 6.07) is 58.2. The Morgan fingerprint density at radius 3 is 1.67 bits per heavy atom. The molecule has 0 N–H and O–H groups in total. The van der Waals surface area contributed by atoms with Gasteiger partial charge in [0.2, 0.25) is 0 Å². The van der Waals surface area contributed by atoms with Gasteiger partial charge in [0.1, 0.15) is 16.2 Å². The number of aromatic nitrogens is 4. The van der Waals surface area contributed by atoms with Crippen molar-refractivity contribution < 1.29 is 4.42 Å². The van der Waals surface area contributed by atoms with Crippen molar-refractivity contribution in [1.82, 2.24) is 19.9 Å². The molecule has 0 atom stereocenters. The minimum absolute atomic E-state index is 0.592. The van der Waals surface area contributed by atoms with Gasteiger partial charge >= 0.3 is 0 Å². The van der Waals surface area contributed by atoms with Gasteiger partial charge in [0.15, 0.2) is 17.5 Å². The average molecular weight is 685 g/mol. The van der Waals surface area contributed by atoms with E-state index >= 15 is 0 Å². The van der Waals surface area contributed by atoms with Gasteiger partial charge in [-0.05, 0) is 52.6 Å². The molecule has 3 heterocycles. The number of thiazole rings is 1. The van der Waals surface area contributed by atoms with E-state index in [0.29, 0.717) is 17.5 Å². The summed E-state index contributed by atoms with van der Waals surface area (Å²) >= 11 is 1.71. The maximum Gasteiger partial charge on any atom is 0.164 e. The predicted octanol–water partition coefficient (Wildman–Crippen LogP) is 12.4.